The molecule has 1 unspecified atom stereocenters. The van der Waals surface area contributed by atoms with Gasteiger partial charge in [0.25, 0.3) is 5.91 Å². The lowest BCUT2D eigenvalue weighted by Crippen LogP contribution is -2.39. The summed E-state index contributed by atoms with van der Waals surface area (Å²) in [5, 5.41) is 4.03. The summed E-state index contributed by atoms with van der Waals surface area (Å²) in [6.45, 7) is 3.13. The summed E-state index contributed by atoms with van der Waals surface area (Å²) >= 11 is 0. The second-order valence-corrected chi connectivity index (χ2v) is 6.95. The molecule has 2 aromatic heterocycles. The number of piperidine rings is 1. The minimum absolute atomic E-state index is 0.0280. The first-order valence-electron chi connectivity index (χ1n) is 9.33. The summed E-state index contributed by atoms with van der Waals surface area (Å²) in [5.41, 5.74) is 2.61. The molecule has 4 rings (SSSR count). The van der Waals surface area contributed by atoms with Crippen molar-refractivity contribution in [1.82, 2.24) is 20.0 Å². The number of hydrogen-bond donors (Lipinski definition) is 0. The summed E-state index contributed by atoms with van der Waals surface area (Å²) in [5.74, 6) is 2.10. The maximum Gasteiger partial charge on any atom is 0.253 e. The molecule has 1 atom stereocenters. The SMILES string of the molecule is COc1cncc(-c2ccc(C(=O)N3CCCC(c4noc(C)n4)C3)cc2)c1. The Morgan fingerprint density at radius 3 is 2.75 bits per heavy atom. The van der Waals surface area contributed by atoms with Crippen molar-refractivity contribution < 1.29 is 14.1 Å². The molecule has 7 heteroatoms. The Morgan fingerprint density at radius 1 is 1.21 bits per heavy atom. The molecule has 0 saturated carbocycles. The molecule has 0 spiro atoms. The van der Waals surface area contributed by atoms with Crippen LogP contribution in [0.4, 0.5) is 0 Å². The molecular formula is C21H22N4O3. The van der Waals surface area contributed by atoms with Crippen LogP contribution < -0.4 is 4.74 Å². The molecule has 1 saturated heterocycles. The number of pyridine rings is 1. The van der Waals surface area contributed by atoms with Crippen molar-refractivity contribution in [3.05, 3.63) is 60.0 Å². The zero-order chi connectivity index (χ0) is 19.5. The number of ether oxygens (including phenoxy) is 1. The van der Waals surface area contributed by atoms with E-state index in [1.165, 1.54) is 0 Å². The molecular weight excluding hydrogens is 356 g/mol. The fourth-order valence-corrected chi connectivity index (χ4v) is 3.53. The van der Waals surface area contributed by atoms with Gasteiger partial charge in [-0.2, -0.15) is 4.98 Å². The van der Waals surface area contributed by atoms with Gasteiger partial charge in [0.1, 0.15) is 5.75 Å². The Labute approximate surface area is 163 Å². The Bertz CT molecular complexity index is 968. The van der Waals surface area contributed by atoms with Gasteiger partial charge < -0.3 is 14.2 Å². The monoisotopic (exact) mass is 378 g/mol. The lowest BCUT2D eigenvalue weighted by Gasteiger charge is -2.31. The van der Waals surface area contributed by atoms with Gasteiger partial charge in [0.2, 0.25) is 5.89 Å². The number of carbonyl (C=O) groups excluding carboxylic acids is 1. The quantitative estimate of drug-likeness (QED) is 0.691. The third kappa shape index (κ3) is 3.74. The number of benzene rings is 1. The predicted octanol–water partition coefficient (Wildman–Crippen LogP) is 3.47. The van der Waals surface area contributed by atoms with Crippen LogP contribution in [0.3, 0.4) is 0 Å². The van der Waals surface area contributed by atoms with E-state index in [1.54, 1.807) is 26.4 Å². The number of amides is 1. The average Bonchev–Trinajstić information content (AvgIpc) is 3.20. The largest absolute Gasteiger partial charge is 0.495 e. The number of aromatic nitrogens is 3. The van der Waals surface area contributed by atoms with Gasteiger partial charge in [-0.15, -0.1) is 0 Å². The number of methoxy groups -OCH3 is 1. The van der Waals surface area contributed by atoms with Crippen LogP contribution in [0.5, 0.6) is 5.75 Å². The minimum Gasteiger partial charge on any atom is -0.495 e. The minimum atomic E-state index is 0.0280. The van der Waals surface area contributed by atoms with Gasteiger partial charge in [-0.25, -0.2) is 0 Å². The molecule has 1 amide bonds. The van der Waals surface area contributed by atoms with E-state index < -0.39 is 0 Å². The molecule has 0 N–H and O–H groups in total. The van der Waals surface area contributed by atoms with Crippen molar-refractivity contribution in [2.24, 2.45) is 0 Å². The van der Waals surface area contributed by atoms with Crippen LogP contribution in [0.15, 0.2) is 47.2 Å². The van der Waals surface area contributed by atoms with E-state index in [2.05, 4.69) is 15.1 Å². The zero-order valence-corrected chi connectivity index (χ0v) is 16.0. The van der Waals surface area contributed by atoms with Gasteiger partial charge in [0, 0.05) is 43.3 Å². The van der Waals surface area contributed by atoms with Gasteiger partial charge in [-0.1, -0.05) is 17.3 Å². The molecule has 0 aliphatic carbocycles. The average molecular weight is 378 g/mol. The van der Waals surface area contributed by atoms with Crippen LogP contribution in [0.25, 0.3) is 11.1 Å². The lowest BCUT2D eigenvalue weighted by atomic mass is 9.96. The van der Waals surface area contributed by atoms with Crippen LogP contribution in [0, 0.1) is 6.92 Å². The number of carbonyl (C=O) groups is 1. The Balaban J connectivity index is 1.48. The smallest absolute Gasteiger partial charge is 0.253 e. The third-order valence-corrected chi connectivity index (χ3v) is 5.03. The van der Waals surface area contributed by atoms with Gasteiger partial charge >= 0.3 is 0 Å². The highest BCUT2D eigenvalue weighted by Gasteiger charge is 2.28. The molecule has 0 bridgehead atoms. The van der Waals surface area contributed by atoms with Gasteiger partial charge in [-0.05, 0) is 36.6 Å². The molecule has 7 nitrogen and oxygen atoms in total. The molecule has 1 aliphatic rings. The highest BCUT2D eigenvalue weighted by atomic mass is 16.5. The maximum atomic E-state index is 13.0. The maximum absolute atomic E-state index is 13.0. The number of rotatable bonds is 4. The van der Waals surface area contributed by atoms with E-state index in [0.29, 0.717) is 29.6 Å². The van der Waals surface area contributed by atoms with Crippen LogP contribution >= 0.6 is 0 Å². The van der Waals surface area contributed by atoms with Gasteiger partial charge in [-0.3, -0.25) is 9.78 Å². The fraction of sp³-hybridized carbons (Fsp3) is 0.333. The summed E-state index contributed by atoms with van der Waals surface area (Å²) in [7, 11) is 1.62. The number of likely N-dealkylation sites (tertiary alicyclic amines) is 1. The van der Waals surface area contributed by atoms with E-state index in [9.17, 15) is 4.79 Å². The molecule has 1 fully saturated rings. The molecule has 0 radical (unpaired) electrons. The van der Waals surface area contributed by atoms with E-state index in [0.717, 1.165) is 30.5 Å². The van der Waals surface area contributed by atoms with Gasteiger partial charge in [0.15, 0.2) is 5.82 Å². The molecule has 3 aromatic rings. The van der Waals surface area contributed by atoms with Crippen LogP contribution in [0.1, 0.15) is 40.8 Å². The fourth-order valence-electron chi connectivity index (χ4n) is 3.53. The molecule has 28 heavy (non-hydrogen) atoms. The molecule has 144 valence electrons. The first-order valence-corrected chi connectivity index (χ1v) is 9.33. The third-order valence-electron chi connectivity index (χ3n) is 5.03. The highest BCUT2D eigenvalue weighted by Crippen LogP contribution is 2.27. The van der Waals surface area contributed by atoms with E-state index >= 15 is 0 Å². The topological polar surface area (TPSA) is 81.4 Å². The van der Waals surface area contributed by atoms with Crippen LogP contribution in [0.2, 0.25) is 0 Å². The van der Waals surface area contributed by atoms with E-state index in [4.69, 9.17) is 9.26 Å². The second kappa shape index (κ2) is 7.80. The Hall–Kier alpha value is -3.22. The van der Waals surface area contributed by atoms with Crippen LogP contribution in [-0.2, 0) is 0 Å². The molecule has 1 aromatic carbocycles. The second-order valence-electron chi connectivity index (χ2n) is 6.95. The normalized spacial score (nSPS) is 16.8. The van der Waals surface area contributed by atoms with Gasteiger partial charge in [0.05, 0.1) is 13.3 Å². The number of hydrogen-bond acceptors (Lipinski definition) is 6. The van der Waals surface area contributed by atoms with Crippen LogP contribution in [-0.4, -0.2) is 46.1 Å². The van der Waals surface area contributed by atoms with Crippen molar-refractivity contribution in [2.75, 3.05) is 20.2 Å². The Morgan fingerprint density at radius 2 is 2.04 bits per heavy atom. The highest BCUT2D eigenvalue weighted by molar-refractivity contribution is 5.94. The Kier molecular flexibility index (Phi) is 5.06. The first kappa shape index (κ1) is 18.2. The summed E-state index contributed by atoms with van der Waals surface area (Å²) in [6, 6.07) is 9.52. The van der Waals surface area contributed by atoms with Crippen molar-refractivity contribution in [2.45, 2.75) is 25.7 Å². The van der Waals surface area contributed by atoms with Crippen molar-refractivity contribution in [1.29, 1.82) is 0 Å². The summed E-state index contributed by atoms with van der Waals surface area (Å²) in [6.07, 6.45) is 5.34. The zero-order valence-electron chi connectivity index (χ0n) is 16.0. The summed E-state index contributed by atoms with van der Waals surface area (Å²) < 4.78 is 10.3. The lowest BCUT2D eigenvalue weighted by molar-refractivity contribution is 0.0703. The van der Waals surface area contributed by atoms with E-state index in [-0.39, 0.29) is 11.8 Å². The standard InChI is InChI=1S/C21H22N4O3/c1-14-23-20(24-28-14)17-4-3-9-25(13-17)21(26)16-7-5-15(6-8-16)18-10-19(27-2)12-22-11-18/h5-8,10-12,17H,3-4,9,13H2,1-2H3. The summed E-state index contributed by atoms with van der Waals surface area (Å²) in [4.78, 5) is 23.3. The first-order chi connectivity index (χ1) is 13.6. The predicted molar refractivity (Wildman–Crippen MR) is 103 cm³/mol. The number of aryl methyl sites for hydroxylation is 1. The van der Waals surface area contributed by atoms with Crippen molar-refractivity contribution in [3.8, 4) is 16.9 Å². The van der Waals surface area contributed by atoms with Crippen molar-refractivity contribution in [3.63, 3.8) is 0 Å². The van der Waals surface area contributed by atoms with Crippen molar-refractivity contribution >= 4 is 5.91 Å². The number of nitrogens with zero attached hydrogens (tertiary/aromatic N) is 4. The van der Waals surface area contributed by atoms with E-state index in [1.807, 2.05) is 35.2 Å². The molecule has 1 aliphatic heterocycles. The molecule has 3 heterocycles.